The van der Waals surface area contributed by atoms with Gasteiger partial charge in [-0.05, 0) is 0 Å². The first-order valence-corrected chi connectivity index (χ1v) is 4.11. The van der Waals surface area contributed by atoms with Gasteiger partial charge in [0.25, 0.3) is 5.56 Å². The first-order valence-electron chi connectivity index (χ1n) is 4.11. The fourth-order valence-electron chi connectivity index (χ4n) is 1.47. The molecule has 74 valence electrons. The molecule has 0 saturated carbocycles. The summed E-state index contributed by atoms with van der Waals surface area (Å²) in [6.07, 6.45) is 1.52. The van der Waals surface area contributed by atoms with E-state index in [4.69, 9.17) is 0 Å². The van der Waals surface area contributed by atoms with E-state index in [0.717, 1.165) is 4.57 Å². The Bertz CT molecular complexity index is 617. The molecule has 2 aromatic heterocycles. The summed E-state index contributed by atoms with van der Waals surface area (Å²) in [7, 11) is 4.77. The van der Waals surface area contributed by atoms with Gasteiger partial charge in [0.05, 0.1) is 6.33 Å². The second kappa shape index (κ2) is 2.57. The number of hydrogen-bond donors (Lipinski definition) is 0. The van der Waals surface area contributed by atoms with Crippen molar-refractivity contribution in [1.29, 1.82) is 0 Å². The van der Waals surface area contributed by atoms with E-state index in [2.05, 4.69) is 4.98 Å². The molecule has 2 heterocycles. The Morgan fingerprint density at radius 3 is 2.43 bits per heavy atom. The predicted octanol–water partition coefficient (Wildman–Crippen LogP) is -1.03. The lowest BCUT2D eigenvalue weighted by Gasteiger charge is -2.02. The van der Waals surface area contributed by atoms with E-state index in [1.165, 1.54) is 17.9 Å². The Labute approximate surface area is 79.0 Å². The lowest BCUT2D eigenvalue weighted by Crippen LogP contribution is -2.37. The molecule has 0 aliphatic heterocycles. The van der Waals surface area contributed by atoms with Gasteiger partial charge in [-0.15, -0.1) is 0 Å². The average Bonchev–Trinajstić information content (AvgIpc) is 2.54. The Morgan fingerprint density at radius 1 is 1.14 bits per heavy atom. The fraction of sp³-hybridized carbons (Fsp3) is 0.375. The summed E-state index contributed by atoms with van der Waals surface area (Å²) in [6, 6.07) is 0. The maximum Gasteiger partial charge on any atom is 0.332 e. The van der Waals surface area contributed by atoms with Gasteiger partial charge in [-0.1, -0.05) is 0 Å². The molecule has 0 aromatic carbocycles. The van der Waals surface area contributed by atoms with Crippen molar-refractivity contribution in [3.05, 3.63) is 27.2 Å². The number of aromatic nitrogens is 4. The molecular formula is C8H10N4O2. The molecule has 0 unspecified atom stereocenters. The van der Waals surface area contributed by atoms with E-state index in [9.17, 15) is 9.59 Å². The molecule has 0 aliphatic rings. The standard InChI is InChI=1S/C8H10N4O2/c1-10-4-9-6-5(10)7(13)12(3)8(14)11(6)2/h4H,1-3H3/i8+1. The Hall–Kier alpha value is -1.85. The van der Waals surface area contributed by atoms with E-state index >= 15 is 0 Å². The molecule has 0 fully saturated rings. The summed E-state index contributed by atoms with van der Waals surface area (Å²) in [5.41, 5.74) is 0.180. The quantitative estimate of drug-likeness (QED) is 0.540. The first-order chi connectivity index (χ1) is 6.54. The number of imidazole rings is 1. The van der Waals surface area contributed by atoms with Crippen LogP contribution in [0.3, 0.4) is 0 Å². The topological polar surface area (TPSA) is 61.8 Å². The maximum atomic E-state index is 11.7. The highest BCUT2D eigenvalue weighted by atomic mass is 16.2. The summed E-state index contributed by atoms with van der Waals surface area (Å²) in [5, 5.41) is 0. The van der Waals surface area contributed by atoms with E-state index in [1.807, 2.05) is 0 Å². The van der Waals surface area contributed by atoms with Gasteiger partial charge in [0, 0.05) is 21.1 Å². The van der Waals surface area contributed by atoms with Gasteiger partial charge in [0.1, 0.15) is 0 Å². The van der Waals surface area contributed by atoms with Gasteiger partial charge >= 0.3 is 5.69 Å². The minimum Gasteiger partial charge on any atom is -0.328 e. The summed E-state index contributed by atoms with van der Waals surface area (Å²) in [6.45, 7) is 0. The molecule has 0 atom stereocenters. The van der Waals surface area contributed by atoms with Gasteiger partial charge in [-0.3, -0.25) is 13.9 Å². The van der Waals surface area contributed by atoms with Crippen LogP contribution in [-0.4, -0.2) is 18.7 Å². The third kappa shape index (κ3) is 0.876. The molecule has 0 amide bonds. The van der Waals surface area contributed by atoms with E-state index in [1.54, 1.807) is 18.7 Å². The molecule has 0 aliphatic carbocycles. The third-order valence-corrected chi connectivity index (χ3v) is 2.32. The van der Waals surface area contributed by atoms with Crippen LogP contribution in [0.2, 0.25) is 0 Å². The van der Waals surface area contributed by atoms with Crippen LogP contribution in [0.1, 0.15) is 0 Å². The van der Waals surface area contributed by atoms with Crippen LogP contribution in [0.15, 0.2) is 15.9 Å². The first kappa shape index (κ1) is 8.74. The largest absolute Gasteiger partial charge is 0.332 e. The second-order valence-corrected chi connectivity index (χ2v) is 3.23. The third-order valence-electron chi connectivity index (χ3n) is 2.32. The summed E-state index contributed by atoms with van der Waals surface area (Å²) >= 11 is 0. The highest BCUT2D eigenvalue weighted by Crippen LogP contribution is 2.01. The highest BCUT2D eigenvalue weighted by Gasteiger charge is 2.11. The number of nitrogens with zero attached hydrogens (tertiary/aromatic N) is 4. The zero-order chi connectivity index (χ0) is 10.5. The van der Waals surface area contributed by atoms with Gasteiger partial charge < -0.3 is 4.57 Å². The lowest BCUT2D eigenvalue weighted by atomic mass is 10.5. The Kier molecular flexibility index (Phi) is 1.60. The number of fused-ring (bicyclic) bond motifs is 1. The Balaban J connectivity index is 3.22. The van der Waals surface area contributed by atoms with Crippen LogP contribution in [0, 0.1) is 0 Å². The van der Waals surface area contributed by atoms with Crippen molar-refractivity contribution < 1.29 is 0 Å². The monoisotopic (exact) mass is 195 g/mol. The predicted molar refractivity (Wildman–Crippen MR) is 51.2 cm³/mol. The van der Waals surface area contributed by atoms with Gasteiger partial charge in [-0.2, -0.15) is 0 Å². The second-order valence-electron chi connectivity index (χ2n) is 3.23. The van der Waals surface area contributed by atoms with Crippen molar-refractivity contribution in [3.8, 4) is 0 Å². The summed E-state index contributed by atoms with van der Waals surface area (Å²) in [4.78, 5) is 27.2. The number of aryl methyl sites for hydroxylation is 2. The van der Waals surface area contributed by atoms with E-state index < -0.39 is 0 Å². The maximum absolute atomic E-state index is 11.7. The van der Waals surface area contributed by atoms with Crippen molar-refractivity contribution in [2.24, 2.45) is 21.1 Å². The van der Waals surface area contributed by atoms with Gasteiger partial charge in [0.2, 0.25) is 0 Å². The molecule has 0 bridgehead atoms. The molecule has 2 aromatic rings. The lowest BCUT2D eigenvalue weighted by molar-refractivity contribution is 0.705. The van der Waals surface area contributed by atoms with Crippen LogP contribution in [0.4, 0.5) is 0 Å². The molecule has 0 saturated heterocycles. The normalized spacial score (nSPS) is 11.1. The van der Waals surface area contributed by atoms with Crippen molar-refractivity contribution in [2.45, 2.75) is 0 Å². The minimum absolute atomic E-state index is 0.317. The van der Waals surface area contributed by atoms with Crippen molar-refractivity contribution in [2.75, 3.05) is 0 Å². The average molecular weight is 195 g/mol. The van der Waals surface area contributed by atoms with Crippen molar-refractivity contribution in [1.82, 2.24) is 18.7 Å². The molecule has 14 heavy (non-hydrogen) atoms. The zero-order valence-electron chi connectivity index (χ0n) is 8.18. The van der Waals surface area contributed by atoms with Crippen LogP contribution in [-0.2, 0) is 21.1 Å². The molecule has 0 spiro atoms. The molecule has 6 nitrogen and oxygen atoms in total. The molecule has 6 heteroatoms. The van der Waals surface area contributed by atoms with Crippen LogP contribution in [0.25, 0.3) is 11.2 Å². The highest BCUT2D eigenvalue weighted by molar-refractivity contribution is 5.69. The minimum atomic E-state index is -0.360. The smallest absolute Gasteiger partial charge is 0.328 e. The van der Waals surface area contributed by atoms with Crippen molar-refractivity contribution >= 4 is 11.2 Å². The summed E-state index contributed by atoms with van der Waals surface area (Å²) in [5.74, 6) is 0. The van der Waals surface area contributed by atoms with Gasteiger partial charge in [0.15, 0.2) is 11.2 Å². The Morgan fingerprint density at radius 2 is 1.79 bits per heavy atom. The zero-order valence-corrected chi connectivity index (χ0v) is 8.18. The molecule has 0 N–H and O–H groups in total. The van der Waals surface area contributed by atoms with Crippen LogP contribution >= 0.6 is 0 Å². The molecule has 0 radical (unpaired) electrons. The summed E-state index contributed by atoms with van der Waals surface area (Å²) < 4.78 is 4.04. The van der Waals surface area contributed by atoms with Crippen LogP contribution in [0.5, 0.6) is 0 Å². The fourth-order valence-corrected chi connectivity index (χ4v) is 1.47. The molecular weight excluding hydrogens is 185 g/mol. The number of rotatable bonds is 0. The van der Waals surface area contributed by atoms with Crippen LogP contribution < -0.4 is 11.2 Å². The van der Waals surface area contributed by atoms with E-state index in [0.29, 0.717) is 11.2 Å². The van der Waals surface area contributed by atoms with E-state index in [-0.39, 0.29) is 11.2 Å². The van der Waals surface area contributed by atoms with Crippen molar-refractivity contribution in [3.63, 3.8) is 0 Å². The SMILES string of the molecule is Cn1cnc2c1c(=O)n(C)[13c](=O)n2C. The molecule has 2 rings (SSSR count). The number of hydrogen-bond acceptors (Lipinski definition) is 3. The van der Waals surface area contributed by atoms with Gasteiger partial charge in [-0.25, -0.2) is 9.78 Å².